The summed E-state index contributed by atoms with van der Waals surface area (Å²) in [6.45, 7) is 7.95. The molecular formula is C31H31ClF3N7. The number of hydrogen-bond acceptors (Lipinski definition) is 7. The van der Waals surface area contributed by atoms with E-state index in [4.69, 9.17) is 16.6 Å². The van der Waals surface area contributed by atoms with Crippen molar-refractivity contribution < 1.29 is 13.2 Å². The number of hydrogen-bond donors (Lipinski definition) is 1. The lowest BCUT2D eigenvalue weighted by molar-refractivity contribution is -0.137. The molecule has 5 rings (SSSR count). The van der Waals surface area contributed by atoms with Crippen LogP contribution in [0.3, 0.4) is 0 Å². The zero-order chi connectivity index (χ0) is 29.7. The van der Waals surface area contributed by atoms with Crippen LogP contribution in [0.25, 0.3) is 11.4 Å². The minimum Gasteiger partial charge on any atom is -0.351 e. The van der Waals surface area contributed by atoms with Gasteiger partial charge < -0.3 is 15.1 Å². The smallest absolute Gasteiger partial charge is 0.351 e. The molecule has 7 nitrogen and oxygen atoms in total. The number of alkyl halides is 3. The number of benzene rings is 2. The first-order chi connectivity index (χ1) is 20.2. The molecule has 42 heavy (non-hydrogen) atoms. The molecule has 0 amide bonds. The molecular weight excluding hydrogens is 563 g/mol. The van der Waals surface area contributed by atoms with E-state index in [1.165, 1.54) is 17.7 Å². The lowest BCUT2D eigenvalue weighted by Crippen LogP contribution is -2.53. The number of nitrogens with zero attached hydrogens (tertiary/aromatic N) is 6. The van der Waals surface area contributed by atoms with Gasteiger partial charge in [0.05, 0.1) is 16.6 Å². The average molecular weight is 594 g/mol. The van der Waals surface area contributed by atoms with Gasteiger partial charge in [0.25, 0.3) is 0 Å². The number of aromatic nitrogens is 4. The molecule has 0 saturated carbocycles. The minimum absolute atomic E-state index is 0.164. The number of unbranched alkanes of at least 4 members (excludes halogenated alkanes) is 1. The summed E-state index contributed by atoms with van der Waals surface area (Å²) in [6, 6.07) is 16.3. The second kappa shape index (κ2) is 12.8. The van der Waals surface area contributed by atoms with Crippen LogP contribution in [-0.2, 0) is 12.6 Å². The normalized spacial score (nSPS) is 15.5. The average Bonchev–Trinajstić information content (AvgIpc) is 3.00. The van der Waals surface area contributed by atoms with Crippen molar-refractivity contribution in [1.82, 2.24) is 19.9 Å². The molecule has 0 bridgehead atoms. The van der Waals surface area contributed by atoms with Gasteiger partial charge in [-0.2, -0.15) is 28.1 Å². The van der Waals surface area contributed by atoms with Crippen molar-refractivity contribution in [2.75, 3.05) is 34.8 Å². The Morgan fingerprint density at radius 2 is 1.79 bits per heavy atom. The topological polar surface area (TPSA) is 70.1 Å². The second-order valence-electron chi connectivity index (χ2n) is 10.0. The van der Waals surface area contributed by atoms with E-state index in [2.05, 4.69) is 50.8 Å². The van der Waals surface area contributed by atoms with Crippen molar-refractivity contribution in [3.05, 3.63) is 95.7 Å². The highest BCUT2D eigenvalue weighted by atomic mass is 35.5. The van der Waals surface area contributed by atoms with Crippen LogP contribution >= 0.6 is 11.6 Å². The lowest BCUT2D eigenvalue weighted by Gasteiger charge is -2.41. The van der Waals surface area contributed by atoms with E-state index in [9.17, 15) is 13.2 Å². The molecule has 1 N–H and O–H groups in total. The van der Waals surface area contributed by atoms with Crippen LogP contribution in [-0.4, -0.2) is 45.6 Å². The number of aryl methyl sites for hydroxylation is 1. The van der Waals surface area contributed by atoms with Gasteiger partial charge in [-0.1, -0.05) is 55.3 Å². The number of rotatable bonds is 9. The molecule has 2 aromatic carbocycles. The summed E-state index contributed by atoms with van der Waals surface area (Å²) in [5.41, 5.74) is 1.74. The minimum atomic E-state index is -4.42. The molecule has 3 heterocycles. The summed E-state index contributed by atoms with van der Waals surface area (Å²) in [5, 5.41) is 3.64. The van der Waals surface area contributed by atoms with E-state index in [-0.39, 0.29) is 12.0 Å². The first-order valence-corrected chi connectivity index (χ1v) is 14.2. The molecule has 0 radical (unpaired) electrons. The first kappa shape index (κ1) is 29.3. The Labute approximate surface area is 248 Å². The Morgan fingerprint density at radius 3 is 2.45 bits per heavy atom. The zero-order valence-electron chi connectivity index (χ0n) is 23.2. The molecule has 2 aromatic heterocycles. The van der Waals surface area contributed by atoms with Gasteiger partial charge in [0.15, 0.2) is 5.82 Å². The van der Waals surface area contributed by atoms with Gasteiger partial charge in [-0.15, -0.1) is 6.58 Å². The van der Waals surface area contributed by atoms with Crippen LogP contribution in [0, 0.1) is 0 Å². The van der Waals surface area contributed by atoms with E-state index in [1.54, 1.807) is 12.3 Å². The largest absolute Gasteiger partial charge is 0.416 e. The van der Waals surface area contributed by atoms with Gasteiger partial charge in [-0.25, -0.2) is 4.98 Å². The van der Waals surface area contributed by atoms with E-state index in [0.717, 1.165) is 37.0 Å². The third kappa shape index (κ3) is 6.82. The summed E-state index contributed by atoms with van der Waals surface area (Å²) in [6.07, 6.45) is 2.33. The number of nitrogens with one attached hydrogen (secondary N) is 1. The predicted octanol–water partition coefficient (Wildman–Crippen LogP) is 7.57. The van der Waals surface area contributed by atoms with Crippen molar-refractivity contribution in [1.29, 1.82) is 0 Å². The van der Waals surface area contributed by atoms with Crippen LogP contribution in [0.15, 0.2) is 79.5 Å². The SMILES string of the molecule is C=C[C@@H]1CN(c2ncccc2Cl)CCN1c1nc(Nc2ccc(C(F)(F)F)cc2)nc(-c2ccc(CCCC)cc2)n1. The summed E-state index contributed by atoms with van der Waals surface area (Å²) in [7, 11) is 0. The highest BCUT2D eigenvalue weighted by Gasteiger charge is 2.31. The zero-order valence-corrected chi connectivity index (χ0v) is 23.9. The van der Waals surface area contributed by atoms with E-state index >= 15 is 0 Å². The molecule has 0 spiro atoms. The Morgan fingerprint density at radius 1 is 1.02 bits per heavy atom. The Balaban J connectivity index is 1.47. The van der Waals surface area contributed by atoms with E-state index in [0.29, 0.717) is 47.9 Å². The molecule has 11 heteroatoms. The molecule has 0 unspecified atom stereocenters. The van der Waals surface area contributed by atoms with Gasteiger partial charge >= 0.3 is 6.18 Å². The third-order valence-electron chi connectivity index (χ3n) is 7.11. The lowest BCUT2D eigenvalue weighted by atomic mass is 10.1. The number of anilines is 4. The molecule has 1 aliphatic heterocycles. The van der Waals surface area contributed by atoms with Crippen LogP contribution < -0.4 is 15.1 Å². The van der Waals surface area contributed by atoms with Crippen molar-refractivity contribution in [3.8, 4) is 11.4 Å². The highest BCUT2D eigenvalue weighted by Crippen LogP contribution is 2.31. The molecule has 0 aliphatic carbocycles. The van der Waals surface area contributed by atoms with Gasteiger partial charge in [0.1, 0.15) is 5.82 Å². The van der Waals surface area contributed by atoms with Gasteiger partial charge in [-0.05, 0) is 54.8 Å². The van der Waals surface area contributed by atoms with E-state index in [1.807, 2.05) is 29.2 Å². The second-order valence-corrected chi connectivity index (χ2v) is 10.4. The molecule has 1 fully saturated rings. The summed E-state index contributed by atoms with van der Waals surface area (Å²) < 4.78 is 39.3. The summed E-state index contributed by atoms with van der Waals surface area (Å²) in [4.78, 5) is 22.7. The van der Waals surface area contributed by atoms with Gasteiger partial charge in [0, 0.05) is 37.1 Å². The van der Waals surface area contributed by atoms with Crippen molar-refractivity contribution in [2.45, 2.75) is 38.4 Å². The quantitative estimate of drug-likeness (QED) is 0.201. The fourth-order valence-electron chi connectivity index (χ4n) is 4.81. The van der Waals surface area contributed by atoms with Crippen LogP contribution in [0.5, 0.6) is 0 Å². The predicted molar refractivity (Wildman–Crippen MR) is 161 cm³/mol. The highest BCUT2D eigenvalue weighted by molar-refractivity contribution is 6.32. The van der Waals surface area contributed by atoms with Crippen LogP contribution in [0.1, 0.15) is 30.9 Å². The van der Waals surface area contributed by atoms with Gasteiger partial charge in [0.2, 0.25) is 11.9 Å². The fraction of sp³-hybridized carbons (Fsp3) is 0.290. The molecule has 4 aromatic rings. The molecule has 218 valence electrons. The first-order valence-electron chi connectivity index (χ1n) is 13.8. The Hall–Kier alpha value is -4.18. The summed E-state index contributed by atoms with van der Waals surface area (Å²) >= 11 is 6.41. The maximum atomic E-state index is 13.1. The molecule has 1 saturated heterocycles. The number of pyridine rings is 1. The Kier molecular flexibility index (Phi) is 8.91. The molecule has 1 aliphatic rings. The van der Waals surface area contributed by atoms with Crippen LogP contribution in [0.4, 0.5) is 36.6 Å². The van der Waals surface area contributed by atoms with Crippen LogP contribution in [0.2, 0.25) is 5.02 Å². The fourth-order valence-corrected chi connectivity index (χ4v) is 5.05. The monoisotopic (exact) mass is 593 g/mol. The maximum absolute atomic E-state index is 13.1. The Bertz CT molecular complexity index is 1510. The standard InChI is InChI=1S/C31H31ClF3N7/c1-3-5-7-21-9-11-22(12-10-21)27-38-29(37-24-15-13-23(14-16-24)31(33,34)35)40-30(39-27)42-19-18-41(20-25(42)4-2)28-26(32)8-6-17-36-28/h4,6,8-17,25H,2-3,5,7,18-20H2,1H3,(H,37,38,39,40)/t25-/m1/s1. The van der Waals surface area contributed by atoms with Gasteiger partial charge in [-0.3, -0.25) is 0 Å². The number of halogens is 4. The van der Waals surface area contributed by atoms with E-state index < -0.39 is 11.7 Å². The van der Waals surface area contributed by atoms with Crippen molar-refractivity contribution in [2.24, 2.45) is 0 Å². The summed E-state index contributed by atoms with van der Waals surface area (Å²) in [5.74, 6) is 1.81. The number of piperazine rings is 1. The molecule has 1 atom stereocenters. The van der Waals surface area contributed by atoms with Crippen molar-refractivity contribution in [3.63, 3.8) is 0 Å². The maximum Gasteiger partial charge on any atom is 0.416 e. The third-order valence-corrected chi connectivity index (χ3v) is 7.40. The van der Waals surface area contributed by atoms with Crippen molar-refractivity contribution >= 4 is 35.0 Å².